The van der Waals surface area contributed by atoms with Gasteiger partial charge in [-0.25, -0.2) is 8.42 Å². The minimum atomic E-state index is -3.59. The van der Waals surface area contributed by atoms with Crippen molar-refractivity contribution < 1.29 is 18.0 Å². The van der Waals surface area contributed by atoms with Gasteiger partial charge in [0.2, 0.25) is 15.9 Å². The van der Waals surface area contributed by atoms with Gasteiger partial charge >= 0.3 is 0 Å². The lowest BCUT2D eigenvalue weighted by atomic mass is 9.93. The van der Waals surface area contributed by atoms with Crippen molar-refractivity contribution in [3.8, 4) is 0 Å². The summed E-state index contributed by atoms with van der Waals surface area (Å²) in [6.45, 7) is 1.94. The van der Waals surface area contributed by atoms with E-state index >= 15 is 0 Å². The van der Waals surface area contributed by atoms with Gasteiger partial charge in [0.1, 0.15) is 10.6 Å². The second kappa shape index (κ2) is 9.95. The van der Waals surface area contributed by atoms with E-state index < -0.39 is 10.0 Å². The fourth-order valence-electron chi connectivity index (χ4n) is 4.69. The third kappa shape index (κ3) is 5.28. The van der Waals surface area contributed by atoms with Gasteiger partial charge in [0.25, 0.3) is 5.91 Å². The molecule has 4 rings (SSSR count). The Morgan fingerprint density at radius 1 is 1.03 bits per heavy atom. The van der Waals surface area contributed by atoms with Crippen LogP contribution in [0, 0.1) is 5.92 Å². The van der Waals surface area contributed by atoms with Gasteiger partial charge in [0.15, 0.2) is 0 Å². The molecule has 0 bridgehead atoms. The first-order chi connectivity index (χ1) is 14.9. The number of aromatic nitrogens is 1. The summed E-state index contributed by atoms with van der Waals surface area (Å²) in [6.07, 6.45) is 8.59. The third-order valence-corrected chi connectivity index (χ3v) is 9.34. The summed E-state index contributed by atoms with van der Waals surface area (Å²) in [7, 11) is -3.59. The second-order valence-corrected chi connectivity index (χ2v) is 11.9. The molecule has 2 amide bonds. The molecule has 0 spiro atoms. The van der Waals surface area contributed by atoms with Gasteiger partial charge in [0.05, 0.1) is 5.92 Å². The molecule has 0 radical (unpaired) electrons. The number of H-pyrrole nitrogens is 1. The summed E-state index contributed by atoms with van der Waals surface area (Å²) in [6, 6.07) is 1.70. The minimum absolute atomic E-state index is 0.0436. The smallest absolute Gasteiger partial charge is 0.270 e. The highest BCUT2D eigenvalue weighted by atomic mass is 32.2. The molecule has 1 atom stereocenters. The predicted octanol–water partition coefficient (Wildman–Crippen LogP) is 2.05. The number of sulfonamides is 1. The number of carbonyl (C=O) groups is 2. The predicted molar refractivity (Wildman–Crippen MR) is 121 cm³/mol. The van der Waals surface area contributed by atoms with E-state index in [1.54, 1.807) is 16.7 Å². The molecule has 2 saturated heterocycles. The Hall–Kier alpha value is -1.52. The maximum Gasteiger partial charge on any atom is 0.270 e. The SMILES string of the molecule is O=C(NC1CCCCC1)C1CCCN(C(=O)c2cc(S(=O)(=O)N3CCSCC3)c[nH]2)C1. The topological polar surface area (TPSA) is 103 Å². The molecule has 1 aromatic rings. The number of nitrogens with one attached hydrogen (secondary N) is 2. The van der Waals surface area contributed by atoms with E-state index in [0.29, 0.717) is 26.2 Å². The molecule has 31 heavy (non-hydrogen) atoms. The zero-order valence-electron chi connectivity index (χ0n) is 17.8. The van der Waals surface area contributed by atoms with Gasteiger partial charge in [-0.15, -0.1) is 0 Å². The summed E-state index contributed by atoms with van der Waals surface area (Å²) < 4.78 is 27.2. The molecule has 10 heteroatoms. The molecule has 3 heterocycles. The lowest BCUT2D eigenvalue weighted by molar-refractivity contribution is -0.127. The first kappa shape index (κ1) is 22.7. The standard InChI is InChI=1S/C21H32N4O4S2/c26-20(23-17-6-2-1-3-7-17)16-5-4-8-24(15-16)21(27)19-13-18(14-22-19)31(28,29)25-9-11-30-12-10-25/h13-14,16-17,22H,1-12,15H2,(H,23,26). The van der Waals surface area contributed by atoms with E-state index in [0.717, 1.165) is 50.0 Å². The number of hydrogen-bond acceptors (Lipinski definition) is 5. The highest BCUT2D eigenvalue weighted by Gasteiger charge is 2.32. The van der Waals surface area contributed by atoms with Crippen LogP contribution in [0.25, 0.3) is 0 Å². The number of aromatic amines is 1. The largest absolute Gasteiger partial charge is 0.356 e. The summed E-state index contributed by atoms with van der Waals surface area (Å²) in [5.74, 6) is 1.16. The zero-order valence-corrected chi connectivity index (χ0v) is 19.5. The molecule has 1 aliphatic carbocycles. The number of piperidine rings is 1. The van der Waals surface area contributed by atoms with Crippen LogP contribution in [0.15, 0.2) is 17.2 Å². The molecule has 3 aliphatic rings. The van der Waals surface area contributed by atoms with Gasteiger partial charge in [-0.2, -0.15) is 16.1 Å². The van der Waals surface area contributed by atoms with E-state index in [9.17, 15) is 18.0 Å². The van der Waals surface area contributed by atoms with Gasteiger partial charge in [-0.1, -0.05) is 19.3 Å². The number of nitrogens with zero attached hydrogens (tertiary/aromatic N) is 2. The van der Waals surface area contributed by atoms with Crippen LogP contribution in [0.1, 0.15) is 55.4 Å². The number of amides is 2. The Kier molecular flexibility index (Phi) is 7.28. The van der Waals surface area contributed by atoms with Gasteiger partial charge in [0, 0.05) is 49.9 Å². The van der Waals surface area contributed by atoms with Crippen LogP contribution in [0.5, 0.6) is 0 Å². The van der Waals surface area contributed by atoms with E-state index in [-0.39, 0.29) is 34.4 Å². The summed E-state index contributed by atoms with van der Waals surface area (Å²) >= 11 is 1.74. The van der Waals surface area contributed by atoms with Crippen LogP contribution in [0.3, 0.4) is 0 Å². The first-order valence-electron chi connectivity index (χ1n) is 11.3. The average Bonchev–Trinajstić information content (AvgIpc) is 3.31. The van der Waals surface area contributed by atoms with Crippen molar-refractivity contribution in [3.05, 3.63) is 18.0 Å². The van der Waals surface area contributed by atoms with Crippen molar-refractivity contribution in [2.45, 2.75) is 55.9 Å². The lowest BCUT2D eigenvalue weighted by Crippen LogP contribution is -2.48. The van der Waals surface area contributed by atoms with Crippen LogP contribution >= 0.6 is 11.8 Å². The Morgan fingerprint density at radius 3 is 2.52 bits per heavy atom. The van der Waals surface area contributed by atoms with Gasteiger partial charge in [-0.3, -0.25) is 9.59 Å². The lowest BCUT2D eigenvalue weighted by Gasteiger charge is -2.33. The molecular formula is C21H32N4O4S2. The quantitative estimate of drug-likeness (QED) is 0.689. The highest BCUT2D eigenvalue weighted by Crippen LogP contribution is 2.24. The van der Waals surface area contributed by atoms with Crippen molar-refractivity contribution in [2.24, 2.45) is 5.92 Å². The Morgan fingerprint density at radius 2 is 1.77 bits per heavy atom. The Bertz CT molecular complexity index is 889. The number of likely N-dealkylation sites (tertiary alicyclic amines) is 1. The fraction of sp³-hybridized carbons (Fsp3) is 0.714. The number of carbonyl (C=O) groups excluding carboxylic acids is 2. The van der Waals surface area contributed by atoms with Gasteiger partial charge < -0.3 is 15.2 Å². The molecule has 8 nitrogen and oxygen atoms in total. The molecule has 1 unspecified atom stereocenters. The highest BCUT2D eigenvalue weighted by molar-refractivity contribution is 7.99. The summed E-state index contributed by atoms with van der Waals surface area (Å²) in [5.41, 5.74) is 0.262. The second-order valence-electron chi connectivity index (χ2n) is 8.70. The summed E-state index contributed by atoms with van der Waals surface area (Å²) in [5, 5.41) is 3.18. The molecule has 1 aromatic heterocycles. The molecule has 1 saturated carbocycles. The Balaban J connectivity index is 1.38. The van der Waals surface area contributed by atoms with Crippen LogP contribution in [-0.2, 0) is 14.8 Å². The van der Waals surface area contributed by atoms with E-state index in [2.05, 4.69) is 10.3 Å². The third-order valence-electron chi connectivity index (χ3n) is 6.53. The van der Waals surface area contributed by atoms with Crippen molar-refractivity contribution >= 4 is 33.6 Å². The van der Waals surface area contributed by atoms with E-state index in [4.69, 9.17) is 0 Å². The minimum Gasteiger partial charge on any atom is -0.356 e. The monoisotopic (exact) mass is 468 g/mol. The molecule has 2 N–H and O–H groups in total. The molecule has 3 fully saturated rings. The van der Waals surface area contributed by atoms with Crippen molar-refractivity contribution in [2.75, 3.05) is 37.7 Å². The van der Waals surface area contributed by atoms with Crippen molar-refractivity contribution in [1.29, 1.82) is 0 Å². The first-order valence-corrected chi connectivity index (χ1v) is 13.9. The van der Waals surface area contributed by atoms with Crippen LogP contribution in [-0.4, -0.2) is 78.1 Å². The molecule has 172 valence electrons. The zero-order chi connectivity index (χ0) is 21.8. The van der Waals surface area contributed by atoms with Crippen molar-refractivity contribution in [3.63, 3.8) is 0 Å². The molecular weight excluding hydrogens is 436 g/mol. The number of thioether (sulfide) groups is 1. The average molecular weight is 469 g/mol. The maximum absolute atomic E-state index is 13.0. The van der Waals surface area contributed by atoms with Crippen molar-refractivity contribution in [1.82, 2.24) is 19.5 Å². The van der Waals surface area contributed by atoms with Crippen LogP contribution in [0.4, 0.5) is 0 Å². The van der Waals surface area contributed by atoms with Gasteiger partial charge in [-0.05, 0) is 31.7 Å². The maximum atomic E-state index is 13.0. The number of rotatable bonds is 5. The summed E-state index contributed by atoms with van der Waals surface area (Å²) in [4.78, 5) is 30.4. The molecule has 2 aliphatic heterocycles. The van der Waals surface area contributed by atoms with E-state index in [1.165, 1.54) is 23.0 Å². The number of hydrogen-bond donors (Lipinski definition) is 2. The van der Waals surface area contributed by atoms with Crippen LogP contribution < -0.4 is 5.32 Å². The fourth-order valence-corrected chi connectivity index (χ4v) is 7.27. The molecule has 0 aromatic carbocycles. The normalized spacial score (nSPS) is 24.1. The van der Waals surface area contributed by atoms with E-state index in [1.807, 2.05) is 0 Å². The Labute approximate surface area is 188 Å². The van der Waals surface area contributed by atoms with Crippen LogP contribution in [0.2, 0.25) is 0 Å².